The molecule has 23 heavy (non-hydrogen) atoms. The van der Waals surface area contributed by atoms with Gasteiger partial charge in [0.15, 0.2) is 0 Å². The zero-order chi connectivity index (χ0) is 16.7. The van der Waals surface area contributed by atoms with Crippen molar-refractivity contribution in [3.8, 4) is 0 Å². The Morgan fingerprint density at radius 3 is 2.22 bits per heavy atom. The van der Waals surface area contributed by atoms with Crippen molar-refractivity contribution in [2.24, 2.45) is 5.92 Å². The van der Waals surface area contributed by atoms with E-state index in [0.29, 0.717) is 25.6 Å². The zero-order valence-electron chi connectivity index (χ0n) is 14.6. The fourth-order valence-electron chi connectivity index (χ4n) is 3.47. The summed E-state index contributed by atoms with van der Waals surface area (Å²) in [4.78, 5) is 28.7. The lowest BCUT2D eigenvalue weighted by Crippen LogP contribution is -2.50. The molecule has 0 aromatic carbocycles. The number of hydrogen-bond donors (Lipinski definition) is 1. The number of hydrogen-bond acceptors (Lipinski definition) is 3. The van der Waals surface area contributed by atoms with E-state index < -0.39 is 0 Å². The van der Waals surface area contributed by atoms with Crippen LogP contribution in [0.2, 0.25) is 0 Å². The average molecular weight is 325 g/mol. The Kier molecular flexibility index (Phi) is 7.15. The normalized spacial score (nSPS) is 21.7. The molecule has 3 amide bonds. The third-order valence-electron chi connectivity index (χ3n) is 4.84. The lowest BCUT2D eigenvalue weighted by atomic mass is 9.95. The molecule has 2 saturated heterocycles. The van der Waals surface area contributed by atoms with Crippen molar-refractivity contribution in [2.75, 3.05) is 39.9 Å². The third-order valence-corrected chi connectivity index (χ3v) is 4.84. The van der Waals surface area contributed by atoms with E-state index in [1.165, 1.54) is 12.8 Å². The summed E-state index contributed by atoms with van der Waals surface area (Å²) in [5.74, 6) is 0.397. The van der Waals surface area contributed by atoms with Crippen LogP contribution < -0.4 is 5.32 Å². The molecule has 6 heteroatoms. The second-order valence-electron chi connectivity index (χ2n) is 6.81. The maximum Gasteiger partial charge on any atom is 0.317 e. The predicted octanol–water partition coefficient (Wildman–Crippen LogP) is 1.85. The van der Waals surface area contributed by atoms with E-state index in [1.807, 2.05) is 16.7 Å². The van der Waals surface area contributed by atoms with E-state index >= 15 is 0 Å². The van der Waals surface area contributed by atoms with Crippen LogP contribution in [-0.4, -0.2) is 67.7 Å². The molecule has 0 aromatic rings. The van der Waals surface area contributed by atoms with E-state index in [9.17, 15) is 9.59 Å². The molecular formula is C17H31N3O3. The fourth-order valence-corrected chi connectivity index (χ4v) is 3.47. The Bertz CT molecular complexity index is 387. The number of ether oxygens (including phenoxy) is 1. The number of nitrogens with one attached hydrogen (secondary N) is 1. The molecule has 0 radical (unpaired) electrons. The molecule has 2 aliphatic rings. The first kappa shape index (κ1) is 18.0. The number of likely N-dealkylation sites (tertiary alicyclic amines) is 2. The Balaban J connectivity index is 1.76. The first-order valence-electron chi connectivity index (χ1n) is 8.95. The Morgan fingerprint density at radius 2 is 1.65 bits per heavy atom. The van der Waals surface area contributed by atoms with Gasteiger partial charge in [-0.3, -0.25) is 4.79 Å². The SMILES string of the molecule is COCC(C)NC(=O)N1CCC(C(=O)N2CCCCCC2)CC1. The lowest BCUT2D eigenvalue weighted by molar-refractivity contribution is -0.136. The highest BCUT2D eigenvalue weighted by Gasteiger charge is 2.30. The molecule has 1 atom stereocenters. The van der Waals surface area contributed by atoms with Crippen LogP contribution in [0.5, 0.6) is 0 Å². The minimum atomic E-state index is -0.0461. The quantitative estimate of drug-likeness (QED) is 0.858. The van der Waals surface area contributed by atoms with Crippen molar-refractivity contribution in [2.45, 2.75) is 51.5 Å². The van der Waals surface area contributed by atoms with Crippen molar-refractivity contribution in [3.63, 3.8) is 0 Å². The van der Waals surface area contributed by atoms with Gasteiger partial charge in [0.25, 0.3) is 0 Å². The van der Waals surface area contributed by atoms with Gasteiger partial charge in [0.05, 0.1) is 12.6 Å². The fraction of sp³-hybridized carbons (Fsp3) is 0.882. The summed E-state index contributed by atoms with van der Waals surface area (Å²) < 4.78 is 5.03. The first-order valence-corrected chi connectivity index (χ1v) is 8.95. The highest BCUT2D eigenvalue weighted by atomic mass is 16.5. The molecule has 0 aliphatic carbocycles. The number of urea groups is 1. The molecule has 2 rings (SSSR count). The molecule has 0 aromatic heterocycles. The number of amides is 3. The highest BCUT2D eigenvalue weighted by molar-refractivity contribution is 5.80. The van der Waals surface area contributed by atoms with Gasteiger partial charge in [0.2, 0.25) is 5.91 Å². The summed E-state index contributed by atoms with van der Waals surface area (Å²) in [5, 5.41) is 2.93. The smallest absolute Gasteiger partial charge is 0.317 e. The maximum atomic E-state index is 12.6. The largest absolute Gasteiger partial charge is 0.383 e. The van der Waals surface area contributed by atoms with Crippen LogP contribution in [-0.2, 0) is 9.53 Å². The van der Waals surface area contributed by atoms with Gasteiger partial charge in [0, 0.05) is 39.2 Å². The van der Waals surface area contributed by atoms with Gasteiger partial charge in [-0.2, -0.15) is 0 Å². The average Bonchev–Trinajstić information content (AvgIpc) is 2.83. The van der Waals surface area contributed by atoms with E-state index in [0.717, 1.165) is 38.8 Å². The van der Waals surface area contributed by atoms with Gasteiger partial charge in [0.1, 0.15) is 0 Å². The molecule has 0 saturated carbocycles. The summed E-state index contributed by atoms with van der Waals surface area (Å²) in [6.45, 7) is 5.58. The molecule has 0 spiro atoms. The van der Waals surface area contributed by atoms with Gasteiger partial charge >= 0.3 is 6.03 Å². The zero-order valence-corrected chi connectivity index (χ0v) is 14.6. The van der Waals surface area contributed by atoms with E-state index in [2.05, 4.69) is 5.32 Å². The molecule has 2 fully saturated rings. The van der Waals surface area contributed by atoms with Gasteiger partial charge < -0.3 is 19.9 Å². The van der Waals surface area contributed by atoms with Crippen molar-refractivity contribution in [1.29, 1.82) is 0 Å². The van der Waals surface area contributed by atoms with Crippen molar-refractivity contribution < 1.29 is 14.3 Å². The standard InChI is InChI=1S/C17H31N3O3/c1-14(13-23-2)18-17(22)20-11-7-15(8-12-20)16(21)19-9-5-3-4-6-10-19/h14-15H,3-13H2,1-2H3,(H,18,22). The number of carbonyl (C=O) groups excluding carboxylic acids is 2. The summed E-state index contributed by atoms with van der Waals surface area (Å²) in [5.41, 5.74) is 0. The van der Waals surface area contributed by atoms with Crippen LogP contribution >= 0.6 is 0 Å². The van der Waals surface area contributed by atoms with Gasteiger partial charge in [-0.25, -0.2) is 4.79 Å². The number of methoxy groups -OCH3 is 1. The predicted molar refractivity (Wildman–Crippen MR) is 89.2 cm³/mol. The van der Waals surface area contributed by atoms with Crippen molar-refractivity contribution >= 4 is 11.9 Å². The lowest BCUT2D eigenvalue weighted by Gasteiger charge is -2.34. The Hall–Kier alpha value is -1.30. The second kappa shape index (κ2) is 9.11. The Labute approximate surface area is 139 Å². The molecule has 2 heterocycles. The van der Waals surface area contributed by atoms with Crippen LogP contribution in [0.3, 0.4) is 0 Å². The van der Waals surface area contributed by atoms with E-state index in [4.69, 9.17) is 4.74 Å². The summed E-state index contributed by atoms with van der Waals surface area (Å²) >= 11 is 0. The van der Waals surface area contributed by atoms with E-state index in [1.54, 1.807) is 7.11 Å². The molecule has 1 unspecified atom stereocenters. The van der Waals surface area contributed by atoms with Crippen molar-refractivity contribution in [1.82, 2.24) is 15.1 Å². The number of piperidine rings is 1. The van der Waals surface area contributed by atoms with Crippen LogP contribution in [0.15, 0.2) is 0 Å². The molecule has 0 bridgehead atoms. The van der Waals surface area contributed by atoms with Crippen LogP contribution in [0.1, 0.15) is 45.4 Å². The highest BCUT2D eigenvalue weighted by Crippen LogP contribution is 2.21. The minimum absolute atomic E-state index is 0.00366. The van der Waals surface area contributed by atoms with Crippen LogP contribution in [0, 0.1) is 5.92 Å². The number of carbonyl (C=O) groups is 2. The molecule has 1 N–H and O–H groups in total. The van der Waals surface area contributed by atoms with Gasteiger partial charge in [-0.15, -0.1) is 0 Å². The summed E-state index contributed by atoms with van der Waals surface area (Å²) in [7, 11) is 1.63. The molecular weight excluding hydrogens is 294 g/mol. The van der Waals surface area contributed by atoms with E-state index in [-0.39, 0.29) is 18.0 Å². The second-order valence-corrected chi connectivity index (χ2v) is 6.81. The van der Waals surface area contributed by atoms with Gasteiger partial charge in [-0.05, 0) is 32.6 Å². The van der Waals surface area contributed by atoms with Crippen LogP contribution in [0.25, 0.3) is 0 Å². The minimum Gasteiger partial charge on any atom is -0.383 e. The number of rotatable bonds is 4. The summed E-state index contributed by atoms with van der Waals surface area (Å²) in [6.07, 6.45) is 6.29. The molecule has 6 nitrogen and oxygen atoms in total. The first-order chi connectivity index (χ1) is 11.1. The third kappa shape index (κ3) is 5.37. The maximum absolute atomic E-state index is 12.6. The topological polar surface area (TPSA) is 61.9 Å². The monoisotopic (exact) mass is 325 g/mol. The summed E-state index contributed by atoms with van der Waals surface area (Å²) in [6, 6.07) is -0.0424. The van der Waals surface area contributed by atoms with Gasteiger partial charge in [-0.1, -0.05) is 12.8 Å². The Morgan fingerprint density at radius 1 is 1.04 bits per heavy atom. The van der Waals surface area contributed by atoms with Crippen molar-refractivity contribution in [3.05, 3.63) is 0 Å². The molecule has 132 valence electrons. The van der Waals surface area contributed by atoms with Crippen LogP contribution in [0.4, 0.5) is 4.79 Å². The number of nitrogens with zero attached hydrogens (tertiary/aromatic N) is 2. The molecule has 2 aliphatic heterocycles.